The molecule has 1 aromatic carbocycles. The molecule has 108 valence electrons. The van der Waals surface area contributed by atoms with E-state index >= 15 is 0 Å². The monoisotopic (exact) mass is 282 g/mol. The van der Waals surface area contributed by atoms with Gasteiger partial charge in [0.05, 0.1) is 5.69 Å². The molecule has 21 heavy (non-hydrogen) atoms. The minimum Gasteiger partial charge on any atom is -0.486 e. The molecule has 0 aliphatic rings. The maximum absolute atomic E-state index is 5.95. The van der Waals surface area contributed by atoms with E-state index in [-0.39, 0.29) is 0 Å². The van der Waals surface area contributed by atoms with Crippen LogP contribution in [-0.2, 0) is 13.0 Å². The fourth-order valence-electron chi connectivity index (χ4n) is 2.27. The summed E-state index contributed by atoms with van der Waals surface area (Å²) in [5.74, 6) is 1.56. The van der Waals surface area contributed by atoms with Gasteiger partial charge in [-0.3, -0.25) is 4.40 Å². The highest BCUT2D eigenvalue weighted by molar-refractivity contribution is 5.64. The van der Waals surface area contributed by atoms with Gasteiger partial charge in [-0.15, -0.1) is 10.2 Å². The second kappa shape index (κ2) is 5.44. The van der Waals surface area contributed by atoms with Gasteiger partial charge >= 0.3 is 0 Å². The number of aromatic nitrogens is 3. The number of aryl methyl sites for hydroxylation is 2. The second-order valence-corrected chi connectivity index (χ2v) is 5.07. The summed E-state index contributed by atoms with van der Waals surface area (Å²) in [7, 11) is 0. The molecule has 5 nitrogen and oxygen atoms in total. The molecule has 0 saturated heterocycles. The molecule has 0 spiro atoms. The molecule has 0 saturated carbocycles. The topological polar surface area (TPSA) is 65.4 Å². The first-order valence-electron chi connectivity index (χ1n) is 6.99. The zero-order chi connectivity index (χ0) is 14.8. The van der Waals surface area contributed by atoms with Crippen molar-refractivity contribution < 1.29 is 4.74 Å². The molecular weight excluding hydrogens is 264 g/mol. The Morgan fingerprint density at radius 2 is 1.95 bits per heavy atom. The lowest BCUT2D eigenvalue weighted by Crippen LogP contribution is -2.02. The third kappa shape index (κ3) is 2.67. The van der Waals surface area contributed by atoms with E-state index in [1.54, 1.807) is 0 Å². The van der Waals surface area contributed by atoms with Crippen LogP contribution in [0, 0.1) is 6.92 Å². The highest BCUT2D eigenvalue weighted by Gasteiger charge is 2.09. The highest BCUT2D eigenvalue weighted by Crippen LogP contribution is 2.17. The van der Waals surface area contributed by atoms with Crippen LogP contribution < -0.4 is 10.5 Å². The van der Waals surface area contributed by atoms with Crippen molar-refractivity contribution in [3.8, 4) is 5.75 Å². The van der Waals surface area contributed by atoms with Gasteiger partial charge < -0.3 is 10.5 Å². The van der Waals surface area contributed by atoms with Crippen molar-refractivity contribution in [1.82, 2.24) is 14.6 Å². The zero-order valence-corrected chi connectivity index (χ0v) is 12.2. The molecule has 2 N–H and O–H groups in total. The molecule has 0 bridgehead atoms. The molecule has 0 fully saturated rings. The van der Waals surface area contributed by atoms with Gasteiger partial charge in [0.1, 0.15) is 12.4 Å². The first-order valence-corrected chi connectivity index (χ1v) is 6.99. The average molecular weight is 282 g/mol. The molecule has 0 radical (unpaired) electrons. The molecule has 0 unspecified atom stereocenters. The van der Waals surface area contributed by atoms with Crippen molar-refractivity contribution in [3.05, 3.63) is 53.5 Å². The number of rotatable bonds is 4. The predicted molar refractivity (Wildman–Crippen MR) is 82.3 cm³/mol. The molecule has 0 amide bonds. The highest BCUT2D eigenvalue weighted by atomic mass is 16.5. The summed E-state index contributed by atoms with van der Waals surface area (Å²) in [5.41, 5.74) is 9.59. The molecule has 0 aliphatic carbocycles. The third-order valence-electron chi connectivity index (χ3n) is 3.44. The number of nitrogen functional groups attached to an aromatic ring is 1. The van der Waals surface area contributed by atoms with E-state index in [9.17, 15) is 0 Å². The zero-order valence-electron chi connectivity index (χ0n) is 12.2. The molecule has 0 aliphatic heterocycles. The lowest BCUT2D eigenvalue weighted by molar-refractivity contribution is 0.294. The molecule has 3 aromatic rings. The minimum atomic E-state index is 0.357. The van der Waals surface area contributed by atoms with Gasteiger partial charge in [-0.05, 0) is 42.7 Å². The van der Waals surface area contributed by atoms with Gasteiger partial charge in [-0.25, -0.2) is 0 Å². The van der Waals surface area contributed by atoms with Crippen LogP contribution in [-0.4, -0.2) is 14.6 Å². The van der Waals surface area contributed by atoms with Gasteiger partial charge in [-0.1, -0.05) is 19.1 Å². The maximum Gasteiger partial charge on any atom is 0.184 e. The van der Waals surface area contributed by atoms with Gasteiger partial charge in [-0.2, -0.15) is 0 Å². The standard InChI is InChI=1S/C16H18N4O/c1-3-12-4-6-13(7-5-12)21-10-15-18-19-16-14(17)8-11(2)9-20(15)16/h4-9H,3,10,17H2,1-2H3. The van der Waals surface area contributed by atoms with E-state index in [1.165, 1.54) is 5.56 Å². The summed E-state index contributed by atoms with van der Waals surface area (Å²) in [6.07, 6.45) is 2.98. The number of nitrogens with two attached hydrogens (primary N) is 1. The number of fused-ring (bicyclic) bond motifs is 1. The van der Waals surface area contributed by atoms with Crippen molar-refractivity contribution in [2.24, 2.45) is 0 Å². The van der Waals surface area contributed by atoms with E-state index < -0.39 is 0 Å². The summed E-state index contributed by atoms with van der Waals surface area (Å²) in [6, 6.07) is 9.97. The van der Waals surface area contributed by atoms with E-state index in [0.717, 1.165) is 23.6 Å². The largest absolute Gasteiger partial charge is 0.486 e. The van der Waals surface area contributed by atoms with Gasteiger partial charge in [0.25, 0.3) is 0 Å². The van der Waals surface area contributed by atoms with Crippen molar-refractivity contribution in [3.63, 3.8) is 0 Å². The molecule has 5 heteroatoms. The average Bonchev–Trinajstić information content (AvgIpc) is 2.89. The van der Waals surface area contributed by atoms with Crippen molar-refractivity contribution in [1.29, 1.82) is 0 Å². The van der Waals surface area contributed by atoms with Gasteiger partial charge in [0, 0.05) is 6.20 Å². The maximum atomic E-state index is 5.95. The lowest BCUT2D eigenvalue weighted by Gasteiger charge is -2.06. The van der Waals surface area contributed by atoms with Crippen LogP contribution in [0.5, 0.6) is 5.75 Å². The summed E-state index contributed by atoms with van der Waals surface area (Å²) in [6.45, 7) is 4.48. The van der Waals surface area contributed by atoms with Crippen molar-refractivity contribution >= 4 is 11.3 Å². The Morgan fingerprint density at radius 1 is 1.19 bits per heavy atom. The normalized spacial score (nSPS) is 11.0. The van der Waals surface area contributed by atoms with Crippen LogP contribution >= 0.6 is 0 Å². The Bertz CT molecular complexity index is 762. The number of hydrogen-bond donors (Lipinski definition) is 1. The van der Waals surface area contributed by atoms with Crippen LogP contribution in [0.2, 0.25) is 0 Å². The number of anilines is 1. The number of nitrogens with zero attached hydrogens (tertiary/aromatic N) is 3. The van der Waals surface area contributed by atoms with Crippen molar-refractivity contribution in [2.75, 3.05) is 5.73 Å². The Kier molecular flexibility index (Phi) is 3.48. The second-order valence-electron chi connectivity index (χ2n) is 5.07. The first-order chi connectivity index (χ1) is 10.2. The van der Waals surface area contributed by atoms with Crippen LogP contribution in [0.4, 0.5) is 5.69 Å². The fourth-order valence-corrected chi connectivity index (χ4v) is 2.27. The van der Waals surface area contributed by atoms with Crippen LogP contribution in [0.15, 0.2) is 36.5 Å². The van der Waals surface area contributed by atoms with Crippen LogP contribution in [0.25, 0.3) is 5.65 Å². The predicted octanol–water partition coefficient (Wildman–Crippen LogP) is 2.76. The third-order valence-corrected chi connectivity index (χ3v) is 3.44. The molecule has 2 heterocycles. The fraction of sp³-hybridized carbons (Fsp3) is 0.250. The van der Waals surface area contributed by atoms with Gasteiger partial charge in [0.2, 0.25) is 0 Å². The van der Waals surface area contributed by atoms with Gasteiger partial charge in [0.15, 0.2) is 11.5 Å². The summed E-state index contributed by atoms with van der Waals surface area (Å²) in [5, 5.41) is 8.26. The number of pyridine rings is 1. The van der Waals surface area contributed by atoms with E-state index in [1.807, 2.05) is 35.7 Å². The molecule has 3 rings (SSSR count). The summed E-state index contributed by atoms with van der Waals surface area (Å²) in [4.78, 5) is 0. The molecule has 0 atom stereocenters. The SMILES string of the molecule is CCc1ccc(OCc2nnc3c(N)cc(C)cn23)cc1. The quantitative estimate of drug-likeness (QED) is 0.799. The van der Waals surface area contributed by atoms with Crippen molar-refractivity contribution in [2.45, 2.75) is 26.9 Å². The van der Waals surface area contributed by atoms with E-state index in [2.05, 4.69) is 29.3 Å². The minimum absolute atomic E-state index is 0.357. The summed E-state index contributed by atoms with van der Waals surface area (Å²) < 4.78 is 7.65. The van der Waals surface area contributed by atoms with E-state index in [4.69, 9.17) is 10.5 Å². The Hall–Kier alpha value is -2.56. The number of ether oxygens (including phenoxy) is 1. The summed E-state index contributed by atoms with van der Waals surface area (Å²) >= 11 is 0. The van der Waals surface area contributed by atoms with Crippen LogP contribution in [0.1, 0.15) is 23.9 Å². The smallest absolute Gasteiger partial charge is 0.184 e. The van der Waals surface area contributed by atoms with E-state index in [0.29, 0.717) is 17.9 Å². The molecular formula is C16H18N4O. The molecule has 2 aromatic heterocycles. The lowest BCUT2D eigenvalue weighted by atomic mass is 10.2. The number of benzene rings is 1. The number of hydrogen-bond acceptors (Lipinski definition) is 4. The first kappa shape index (κ1) is 13.4. The van der Waals surface area contributed by atoms with Crippen LogP contribution in [0.3, 0.4) is 0 Å². The Morgan fingerprint density at radius 3 is 2.67 bits per heavy atom. The Balaban J connectivity index is 1.81. The Labute approximate surface area is 123 Å².